The van der Waals surface area contributed by atoms with Gasteiger partial charge in [0.1, 0.15) is 0 Å². The molecule has 0 aliphatic carbocycles. The average Bonchev–Trinajstić information content (AvgIpc) is 2.17. The minimum Gasteiger partial charge on any atom is -0.409 e. The molecule has 0 radical (unpaired) electrons. The predicted molar refractivity (Wildman–Crippen MR) is 52.4 cm³/mol. The second-order valence-electron chi connectivity index (χ2n) is 2.39. The van der Waals surface area contributed by atoms with E-state index in [0.717, 1.165) is 11.7 Å². The molecule has 0 spiro atoms. The number of oxime groups is 1. The van der Waals surface area contributed by atoms with Crippen LogP contribution in [0.25, 0.3) is 0 Å². The minimum absolute atomic E-state index is 0.144. The van der Waals surface area contributed by atoms with Crippen LogP contribution in [0, 0.1) is 0 Å². The van der Waals surface area contributed by atoms with Crippen LogP contribution >= 0.6 is 9.24 Å². The SMILES string of the molecule is N/C(=N\O)c1ccc(CP)cc1. The molecule has 3 nitrogen and oxygen atoms in total. The molecule has 0 aliphatic heterocycles. The first-order valence-electron chi connectivity index (χ1n) is 3.55. The van der Waals surface area contributed by atoms with Crippen molar-refractivity contribution in [2.45, 2.75) is 6.16 Å². The molecule has 0 aromatic heterocycles. The van der Waals surface area contributed by atoms with E-state index in [9.17, 15) is 0 Å². The highest BCUT2D eigenvalue weighted by Gasteiger charge is 1.96. The monoisotopic (exact) mass is 182 g/mol. The first-order chi connectivity index (χ1) is 5.77. The summed E-state index contributed by atoms with van der Waals surface area (Å²) in [5.74, 6) is 0.144. The summed E-state index contributed by atoms with van der Waals surface area (Å²) in [5.41, 5.74) is 7.32. The van der Waals surface area contributed by atoms with Gasteiger partial charge in [-0.25, -0.2) is 0 Å². The van der Waals surface area contributed by atoms with Gasteiger partial charge in [-0.05, 0) is 11.7 Å². The summed E-state index contributed by atoms with van der Waals surface area (Å²) >= 11 is 0. The predicted octanol–water partition coefficient (Wildman–Crippen LogP) is 1.16. The summed E-state index contributed by atoms with van der Waals surface area (Å²) in [7, 11) is 2.63. The molecular formula is C8H11N2OP. The van der Waals surface area contributed by atoms with Crippen molar-refractivity contribution >= 4 is 15.1 Å². The van der Waals surface area contributed by atoms with Crippen molar-refractivity contribution in [1.82, 2.24) is 0 Å². The van der Waals surface area contributed by atoms with Crippen LogP contribution < -0.4 is 5.73 Å². The number of nitrogens with zero attached hydrogens (tertiary/aromatic N) is 1. The second kappa shape index (κ2) is 4.07. The van der Waals surface area contributed by atoms with Gasteiger partial charge in [0.05, 0.1) is 0 Å². The molecule has 0 heterocycles. The van der Waals surface area contributed by atoms with E-state index >= 15 is 0 Å². The van der Waals surface area contributed by atoms with Crippen LogP contribution in [0.2, 0.25) is 0 Å². The highest BCUT2D eigenvalue weighted by Crippen LogP contribution is 2.07. The fourth-order valence-electron chi connectivity index (χ4n) is 0.869. The molecule has 0 aliphatic rings. The first-order valence-corrected chi connectivity index (χ1v) is 4.36. The summed E-state index contributed by atoms with van der Waals surface area (Å²) in [6.07, 6.45) is 0.913. The Kier molecular flexibility index (Phi) is 3.06. The van der Waals surface area contributed by atoms with Gasteiger partial charge < -0.3 is 10.9 Å². The molecule has 1 aromatic rings. The van der Waals surface area contributed by atoms with Crippen LogP contribution in [0.1, 0.15) is 11.1 Å². The lowest BCUT2D eigenvalue weighted by Crippen LogP contribution is -2.12. The lowest BCUT2D eigenvalue weighted by atomic mass is 10.1. The topological polar surface area (TPSA) is 58.6 Å². The van der Waals surface area contributed by atoms with Crippen LogP contribution in [-0.2, 0) is 6.16 Å². The molecule has 4 heteroatoms. The van der Waals surface area contributed by atoms with E-state index in [1.54, 1.807) is 0 Å². The van der Waals surface area contributed by atoms with Crippen molar-refractivity contribution in [3.8, 4) is 0 Å². The van der Waals surface area contributed by atoms with Crippen molar-refractivity contribution in [1.29, 1.82) is 0 Å². The highest BCUT2D eigenvalue weighted by molar-refractivity contribution is 7.15. The third kappa shape index (κ3) is 1.95. The number of hydrogen-bond acceptors (Lipinski definition) is 2. The normalized spacial score (nSPS) is 11.6. The zero-order chi connectivity index (χ0) is 8.97. The average molecular weight is 182 g/mol. The molecule has 3 N–H and O–H groups in total. The zero-order valence-corrected chi connectivity index (χ0v) is 7.72. The van der Waals surface area contributed by atoms with Crippen LogP contribution in [0.4, 0.5) is 0 Å². The van der Waals surface area contributed by atoms with Gasteiger partial charge in [-0.15, -0.1) is 9.24 Å². The third-order valence-corrected chi connectivity index (χ3v) is 2.06. The maximum absolute atomic E-state index is 8.37. The molecule has 1 unspecified atom stereocenters. The van der Waals surface area contributed by atoms with Gasteiger partial charge in [-0.2, -0.15) is 0 Å². The number of amidine groups is 1. The van der Waals surface area contributed by atoms with Gasteiger partial charge >= 0.3 is 0 Å². The van der Waals surface area contributed by atoms with E-state index in [4.69, 9.17) is 10.9 Å². The van der Waals surface area contributed by atoms with Gasteiger partial charge in [0.2, 0.25) is 0 Å². The standard InChI is InChI=1S/C8H11N2OP/c9-8(10-11)7-3-1-6(5-12)2-4-7/h1-4,11H,5,12H2,(H2,9,10). The second-order valence-corrected chi connectivity index (χ2v) is 2.79. The molecule has 1 aromatic carbocycles. The van der Waals surface area contributed by atoms with Gasteiger partial charge in [-0.1, -0.05) is 29.4 Å². The van der Waals surface area contributed by atoms with Crippen molar-refractivity contribution in [3.63, 3.8) is 0 Å². The lowest BCUT2D eigenvalue weighted by Gasteiger charge is -1.99. The van der Waals surface area contributed by atoms with Gasteiger partial charge in [-0.3, -0.25) is 0 Å². The maximum atomic E-state index is 8.37. The number of benzene rings is 1. The molecule has 64 valence electrons. The summed E-state index contributed by atoms with van der Waals surface area (Å²) in [6, 6.07) is 7.55. The van der Waals surface area contributed by atoms with E-state index in [1.807, 2.05) is 24.3 Å². The number of nitrogens with two attached hydrogens (primary N) is 1. The zero-order valence-electron chi connectivity index (χ0n) is 6.57. The van der Waals surface area contributed by atoms with Crippen molar-refractivity contribution < 1.29 is 5.21 Å². The summed E-state index contributed by atoms with van der Waals surface area (Å²) in [4.78, 5) is 0. The Labute approximate surface area is 73.5 Å². The number of hydrogen-bond donors (Lipinski definition) is 2. The largest absolute Gasteiger partial charge is 0.409 e. The Bertz CT molecular complexity index is 282. The third-order valence-electron chi connectivity index (χ3n) is 1.59. The minimum atomic E-state index is 0.144. The van der Waals surface area contributed by atoms with Crippen molar-refractivity contribution in [2.75, 3.05) is 0 Å². The highest BCUT2D eigenvalue weighted by atomic mass is 31.0. The number of rotatable bonds is 2. The fourth-order valence-corrected chi connectivity index (χ4v) is 1.14. The van der Waals surface area contributed by atoms with Crippen LogP contribution in [0.3, 0.4) is 0 Å². The molecule has 0 saturated carbocycles. The van der Waals surface area contributed by atoms with E-state index in [0.29, 0.717) is 0 Å². The van der Waals surface area contributed by atoms with Crippen LogP contribution in [0.5, 0.6) is 0 Å². The Morgan fingerprint density at radius 3 is 2.42 bits per heavy atom. The van der Waals surface area contributed by atoms with Gasteiger partial charge in [0, 0.05) is 5.56 Å². The summed E-state index contributed by atoms with van der Waals surface area (Å²) in [6.45, 7) is 0. The quantitative estimate of drug-likeness (QED) is 0.237. The Hall–Kier alpha value is -1.08. The Morgan fingerprint density at radius 2 is 2.00 bits per heavy atom. The fraction of sp³-hybridized carbons (Fsp3) is 0.125. The van der Waals surface area contributed by atoms with E-state index < -0.39 is 0 Å². The maximum Gasteiger partial charge on any atom is 0.170 e. The summed E-state index contributed by atoms with van der Waals surface area (Å²) < 4.78 is 0. The van der Waals surface area contributed by atoms with Crippen molar-refractivity contribution in [2.24, 2.45) is 10.9 Å². The Balaban J connectivity index is 2.92. The molecule has 12 heavy (non-hydrogen) atoms. The smallest absolute Gasteiger partial charge is 0.170 e. The molecule has 0 bridgehead atoms. The van der Waals surface area contributed by atoms with Gasteiger partial charge in [0.25, 0.3) is 0 Å². The molecular weight excluding hydrogens is 171 g/mol. The first kappa shape index (κ1) is 9.01. The van der Waals surface area contributed by atoms with E-state index in [1.165, 1.54) is 5.56 Å². The Morgan fingerprint density at radius 1 is 1.42 bits per heavy atom. The summed E-state index contributed by atoms with van der Waals surface area (Å²) in [5, 5.41) is 11.3. The van der Waals surface area contributed by atoms with E-state index in [2.05, 4.69) is 14.4 Å². The molecule has 1 atom stereocenters. The molecule has 0 fully saturated rings. The van der Waals surface area contributed by atoms with Gasteiger partial charge in [0.15, 0.2) is 5.84 Å². The molecule has 0 amide bonds. The molecule has 0 saturated heterocycles. The van der Waals surface area contributed by atoms with E-state index in [-0.39, 0.29) is 5.84 Å². The lowest BCUT2D eigenvalue weighted by molar-refractivity contribution is 0.318. The molecule has 1 rings (SSSR count). The van der Waals surface area contributed by atoms with Crippen LogP contribution in [-0.4, -0.2) is 11.0 Å². The van der Waals surface area contributed by atoms with Crippen molar-refractivity contribution in [3.05, 3.63) is 35.4 Å². The van der Waals surface area contributed by atoms with Crippen LogP contribution in [0.15, 0.2) is 29.4 Å².